The zero-order chi connectivity index (χ0) is 19.5. The second-order valence-corrected chi connectivity index (χ2v) is 9.47. The molecule has 1 aromatic rings. The van der Waals surface area contributed by atoms with Crippen LogP contribution < -0.4 is 10.3 Å². The summed E-state index contributed by atoms with van der Waals surface area (Å²) in [5.74, 6) is 0.128. The average Bonchev–Trinajstić information content (AvgIpc) is 3.13. The highest BCUT2D eigenvalue weighted by molar-refractivity contribution is 8.04. The highest BCUT2D eigenvalue weighted by atomic mass is 32.2. The molecular weight excluding hydrogens is 378 g/mol. The number of nitrogens with one attached hydrogen (secondary N) is 2. The predicted octanol–water partition coefficient (Wildman–Crippen LogP) is 4.33. The molecule has 1 atom stereocenters. The maximum absolute atomic E-state index is 12.1. The third-order valence-electron chi connectivity index (χ3n) is 4.22. The number of unbranched alkanes of at least 4 members (excludes halogenated alkanes) is 5. The highest BCUT2D eigenvalue weighted by Gasteiger charge is 2.20. The average molecular weight is 406 g/mol. The van der Waals surface area contributed by atoms with Gasteiger partial charge in [0.2, 0.25) is 10.0 Å². The molecule has 1 heterocycles. The lowest BCUT2D eigenvalue weighted by Gasteiger charge is -2.12. The normalized spacial score (nSPS) is 18.4. The molecule has 7 heteroatoms. The summed E-state index contributed by atoms with van der Waals surface area (Å²) in [6.07, 6.45) is 9.97. The molecule has 0 fully saturated rings. The van der Waals surface area contributed by atoms with Gasteiger partial charge in [-0.25, -0.2) is 13.8 Å². The van der Waals surface area contributed by atoms with Gasteiger partial charge in [0.05, 0.1) is 16.7 Å². The number of hydrogen-bond acceptors (Lipinski definition) is 5. The largest absolute Gasteiger partial charge is 0.227 e. The molecule has 2 N–H and O–H groups in total. The molecule has 0 bridgehead atoms. The van der Waals surface area contributed by atoms with Crippen molar-refractivity contribution in [1.82, 2.24) is 10.3 Å². The maximum Gasteiger partial charge on any atom is 0.224 e. The van der Waals surface area contributed by atoms with Crippen LogP contribution >= 0.6 is 11.8 Å². The summed E-state index contributed by atoms with van der Waals surface area (Å²) in [5.41, 5.74) is 4.29. The molecule has 0 radical (unpaired) electrons. The van der Waals surface area contributed by atoms with Gasteiger partial charge in [0.15, 0.2) is 0 Å². The molecule has 0 amide bonds. The molecule has 1 aliphatic heterocycles. The van der Waals surface area contributed by atoms with E-state index in [0.29, 0.717) is 12.0 Å². The van der Waals surface area contributed by atoms with Crippen LogP contribution in [0.15, 0.2) is 47.4 Å². The van der Waals surface area contributed by atoms with E-state index in [4.69, 9.17) is 0 Å². The SMILES string of the molecule is CCCCCCCCS(=O)(=O)NNC1C=CC(=C(C#N)c2ccccc2)S1. The lowest BCUT2D eigenvalue weighted by molar-refractivity contribution is 0.553. The molecule has 0 spiro atoms. The van der Waals surface area contributed by atoms with Crippen molar-refractivity contribution in [2.45, 2.75) is 50.8 Å². The van der Waals surface area contributed by atoms with E-state index in [2.05, 4.69) is 23.2 Å². The minimum Gasteiger partial charge on any atom is -0.227 e. The Bertz CT molecular complexity index is 796. The van der Waals surface area contributed by atoms with Gasteiger partial charge in [-0.2, -0.15) is 10.1 Å². The van der Waals surface area contributed by atoms with Gasteiger partial charge in [0, 0.05) is 4.91 Å². The minimum atomic E-state index is -3.35. The van der Waals surface area contributed by atoms with Crippen LogP contribution in [0.4, 0.5) is 0 Å². The smallest absolute Gasteiger partial charge is 0.224 e. The molecule has 1 aliphatic rings. The van der Waals surface area contributed by atoms with Crippen LogP contribution in [0.3, 0.4) is 0 Å². The van der Waals surface area contributed by atoms with Crippen LogP contribution in [0.25, 0.3) is 5.57 Å². The fraction of sp³-hybridized carbons (Fsp3) is 0.450. The predicted molar refractivity (Wildman–Crippen MR) is 113 cm³/mol. The zero-order valence-electron chi connectivity index (χ0n) is 15.6. The number of nitrogens with zero attached hydrogens (tertiary/aromatic N) is 1. The first-order chi connectivity index (χ1) is 13.1. The van der Waals surface area contributed by atoms with E-state index < -0.39 is 10.0 Å². The fourth-order valence-electron chi connectivity index (χ4n) is 2.75. The Morgan fingerprint density at radius 3 is 2.56 bits per heavy atom. The number of rotatable bonds is 11. The standard InChI is InChI=1S/C20H27N3O2S2/c1-2-3-4-5-6-10-15-27(24,25)23-22-20-14-13-19(26-20)18(16-21)17-11-8-7-9-12-17/h7-9,11-14,20,22-23H,2-6,10,15H2,1H3. The summed E-state index contributed by atoms with van der Waals surface area (Å²) in [6.45, 7) is 2.16. The van der Waals surface area contributed by atoms with E-state index in [-0.39, 0.29) is 11.1 Å². The van der Waals surface area contributed by atoms with Gasteiger partial charge in [-0.3, -0.25) is 0 Å². The van der Waals surface area contributed by atoms with E-state index in [1.54, 1.807) is 0 Å². The Kier molecular flexibility index (Phi) is 9.08. The molecule has 5 nitrogen and oxygen atoms in total. The monoisotopic (exact) mass is 405 g/mol. The molecule has 146 valence electrons. The van der Waals surface area contributed by atoms with Crippen LogP contribution in [0.2, 0.25) is 0 Å². The van der Waals surface area contributed by atoms with Gasteiger partial charge in [-0.15, -0.1) is 11.8 Å². The summed E-state index contributed by atoms with van der Waals surface area (Å²) < 4.78 is 24.2. The van der Waals surface area contributed by atoms with Crippen LogP contribution in [0.5, 0.6) is 0 Å². The van der Waals surface area contributed by atoms with Crippen molar-refractivity contribution in [1.29, 1.82) is 5.26 Å². The van der Waals surface area contributed by atoms with E-state index in [1.807, 2.05) is 42.5 Å². The number of benzene rings is 1. The van der Waals surface area contributed by atoms with Gasteiger partial charge in [-0.05, 0) is 18.1 Å². The number of thioether (sulfide) groups is 1. The molecule has 0 saturated carbocycles. The Hall–Kier alpha value is -1.59. The quantitative estimate of drug-likeness (QED) is 0.325. The maximum atomic E-state index is 12.1. The summed E-state index contributed by atoms with van der Waals surface area (Å²) in [4.78, 5) is 3.29. The van der Waals surface area contributed by atoms with Gasteiger partial charge in [-0.1, -0.05) is 75.4 Å². The Morgan fingerprint density at radius 1 is 1.15 bits per heavy atom. The molecule has 0 aliphatic carbocycles. The van der Waals surface area contributed by atoms with E-state index in [9.17, 15) is 13.7 Å². The molecule has 2 rings (SSSR count). The number of hydrogen-bond donors (Lipinski definition) is 2. The van der Waals surface area contributed by atoms with Crippen LogP contribution in [0.1, 0.15) is 51.0 Å². The van der Waals surface area contributed by atoms with Crippen molar-refractivity contribution in [3.05, 3.63) is 53.0 Å². The molecule has 1 aromatic carbocycles. The van der Waals surface area contributed by atoms with Crippen molar-refractivity contribution >= 4 is 27.4 Å². The van der Waals surface area contributed by atoms with Gasteiger partial charge in [0.25, 0.3) is 0 Å². The van der Waals surface area contributed by atoms with Crippen LogP contribution in [0, 0.1) is 11.3 Å². The second kappa shape index (κ2) is 11.3. The third-order valence-corrected chi connectivity index (χ3v) is 6.60. The topological polar surface area (TPSA) is 82.0 Å². The molecular formula is C20H27N3O2S2. The van der Waals surface area contributed by atoms with E-state index >= 15 is 0 Å². The van der Waals surface area contributed by atoms with Crippen molar-refractivity contribution < 1.29 is 8.42 Å². The molecule has 0 saturated heterocycles. The van der Waals surface area contributed by atoms with Crippen LogP contribution in [-0.2, 0) is 10.0 Å². The van der Waals surface area contributed by atoms with Crippen LogP contribution in [-0.4, -0.2) is 19.5 Å². The summed E-state index contributed by atoms with van der Waals surface area (Å²) in [6, 6.07) is 11.7. The van der Waals surface area contributed by atoms with Crippen molar-refractivity contribution in [2.24, 2.45) is 0 Å². The van der Waals surface area contributed by atoms with E-state index in [1.165, 1.54) is 31.0 Å². The van der Waals surface area contributed by atoms with Crippen molar-refractivity contribution in [3.8, 4) is 6.07 Å². The number of hydrazine groups is 1. The van der Waals surface area contributed by atoms with Gasteiger partial charge >= 0.3 is 0 Å². The molecule has 0 aromatic heterocycles. The minimum absolute atomic E-state index is 0.128. The van der Waals surface area contributed by atoms with Crippen molar-refractivity contribution in [2.75, 3.05) is 5.75 Å². The first-order valence-electron chi connectivity index (χ1n) is 9.35. The van der Waals surface area contributed by atoms with E-state index in [0.717, 1.165) is 23.3 Å². The number of sulfonamides is 1. The van der Waals surface area contributed by atoms with Gasteiger partial charge in [0.1, 0.15) is 6.07 Å². The molecule has 1 unspecified atom stereocenters. The fourth-order valence-corrected chi connectivity index (χ4v) is 4.80. The second-order valence-electron chi connectivity index (χ2n) is 6.45. The summed E-state index contributed by atoms with van der Waals surface area (Å²) in [7, 11) is -3.35. The third kappa shape index (κ3) is 7.51. The zero-order valence-corrected chi connectivity index (χ0v) is 17.3. The lowest BCUT2D eigenvalue weighted by atomic mass is 10.1. The lowest BCUT2D eigenvalue weighted by Crippen LogP contribution is -2.42. The Balaban J connectivity index is 1.80. The summed E-state index contributed by atoms with van der Waals surface area (Å²) in [5, 5.41) is 9.24. The first kappa shape index (κ1) is 21.7. The Morgan fingerprint density at radius 2 is 1.85 bits per heavy atom. The number of nitriles is 1. The Labute approximate surface area is 167 Å². The highest BCUT2D eigenvalue weighted by Crippen LogP contribution is 2.35. The van der Waals surface area contributed by atoms with Crippen molar-refractivity contribution in [3.63, 3.8) is 0 Å². The first-order valence-corrected chi connectivity index (χ1v) is 11.9. The number of allylic oxidation sites excluding steroid dienone is 2. The molecule has 27 heavy (non-hydrogen) atoms. The van der Waals surface area contributed by atoms with Gasteiger partial charge < -0.3 is 0 Å². The summed E-state index contributed by atoms with van der Waals surface area (Å²) >= 11 is 1.42.